The number of aromatic nitrogens is 1. The third-order valence-electron chi connectivity index (χ3n) is 4.76. The number of rotatable bonds is 3. The van der Waals surface area contributed by atoms with Crippen molar-refractivity contribution >= 4 is 22.5 Å². The number of hydrogen-bond acceptors (Lipinski definition) is 2. The molecule has 0 amide bonds. The zero-order valence-electron chi connectivity index (χ0n) is 14.0. The van der Waals surface area contributed by atoms with E-state index in [2.05, 4.69) is 36.6 Å². The van der Waals surface area contributed by atoms with Gasteiger partial charge in [0.1, 0.15) is 5.02 Å². The van der Waals surface area contributed by atoms with Crippen LogP contribution >= 0.6 is 11.6 Å². The highest BCUT2D eigenvalue weighted by molar-refractivity contribution is 6.34. The number of aryl methyl sites for hydroxylation is 2. The Kier molecular flexibility index (Phi) is 3.62. The average Bonchev–Trinajstić information content (AvgIpc) is 2.96. The smallest absolute Gasteiger partial charge is 0.245 e. The predicted molar refractivity (Wildman–Crippen MR) is 102 cm³/mol. The molecule has 0 spiro atoms. The molecule has 1 heterocycles. The highest BCUT2D eigenvalue weighted by Gasteiger charge is 2.23. The zero-order valence-corrected chi connectivity index (χ0v) is 14.7. The van der Waals surface area contributed by atoms with Gasteiger partial charge < -0.3 is 4.57 Å². The average molecular weight is 350 g/mol. The molecule has 3 nitrogen and oxygen atoms in total. The van der Waals surface area contributed by atoms with Gasteiger partial charge in [0.25, 0.3) is 0 Å². The molecule has 4 aromatic rings. The largest absolute Gasteiger partial charge is 0.342 e. The molecule has 25 heavy (non-hydrogen) atoms. The standard InChI is InChI=1S/C21H16ClNO2/c1-12-7-8-13(2)14(9-12)10-23-11-16(15-5-3-4-6-17(15)23)18-19(22)21(25)20(18)24/h3-9,11H,10H2,1-2H3. The van der Waals surface area contributed by atoms with E-state index >= 15 is 0 Å². The fourth-order valence-corrected chi connectivity index (χ4v) is 3.61. The van der Waals surface area contributed by atoms with Crippen LogP contribution in [-0.2, 0) is 6.54 Å². The molecule has 4 heteroatoms. The van der Waals surface area contributed by atoms with E-state index < -0.39 is 10.9 Å². The number of para-hydroxylation sites is 1. The Labute approximate surface area is 149 Å². The number of nitrogens with zero attached hydrogens (tertiary/aromatic N) is 1. The summed E-state index contributed by atoms with van der Waals surface area (Å²) in [6.45, 7) is 4.86. The van der Waals surface area contributed by atoms with Gasteiger partial charge in [0.15, 0.2) is 0 Å². The third kappa shape index (κ3) is 2.43. The number of halogens is 1. The number of benzene rings is 2. The van der Waals surface area contributed by atoms with Gasteiger partial charge in [-0.25, -0.2) is 0 Å². The van der Waals surface area contributed by atoms with Crippen LogP contribution in [0.25, 0.3) is 22.0 Å². The first-order chi connectivity index (χ1) is 12.0. The van der Waals surface area contributed by atoms with Gasteiger partial charge in [-0.15, -0.1) is 0 Å². The summed E-state index contributed by atoms with van der Waals surface area (Å²) in [4.78, 5) is 23.5. The summed E-state index contributed by atoms with van der Waals surface area (Å²) >= 11 is 6.01. The molecular weight excluding hydrogens is 334 g/mol. The van der Waals surface area contributed by atoms with E-state index in [1.807, 2.05) is 30.5 Å². The van der Waals surface area contributed by atoms with Crippen LogP contribution in [-0.4, -0.2) is 4.57 Å². The normalized spacial score (nSPS) is 11.5. The summed E-state index contributed by atoms with van der Waals surface area (Å²) in [5, 5.41) is 0.974. The SMILES string of the molecule is Cc1ccc(C)c(Cn2cc(-c3c(Cl)c(=O)c3=O)c3ccccc32)c1. The van der Waals surface area contributed by atoms with Gasteiger partial charge in [0.2, 0.25) is 10.9 Å². The molecule has 0 aliphatic rings. The monoisotopic (exact) mass is 349 g/mol. The lowest BCUT2D eigenvalue weighted by molar-refractivity contribution is 0.830. The zero-order chi connectivity index (χ0) is 17.7. The van der Waals surface area contributed by atoms with Crippen LogP contribution in [0.2, 0.25) is 5.02 Å². The fraction of sp³-hybridized carbons (Fsp3) is 0.143. The Morgan fingerprint density at radius 3 is 2.52 bits per heavy atom. The van der Waals surface area contributed by atoms with Crippen LogP contribution in [0.4, 0.5) is 0 Å². The van der Waals surface area contributed by atoms with Gasteiger partial charge >= 0.3 is 0 Å². The van der Waals surface area contributed by atoms with Gasteiger partial charge in [0.05, 0.1) is 5.56 Å². The molecule has 0 fully saturated rings. The van der Waals surface area contributed by atoms with Crippen LogP contribution in [0.3, 0.4) is 0 Å². The summed E-state index contributed by atoms with van der Waals surface area (Å²) in [5.41, 5.74) is 4.64. The molecule has 0 saturated carbocycles. The van der Waals surface area contributed by atoms with Crippen LogP contribution < -0.4 is 10.9 Å². The first kappa shape index (κ1) is 15.9. The molecule has 0 unspecified atom stereocenters. The minimum absolute atomic E-state index is 0.0413. The van der Waals surface area contributed by atoms with Crippen molar-refractivity contribution < 1.29 is 0 Å². The van der Waals surface area contributed by atoms with Gasteiger partial charge in [-0.3, -0.25) is 9.59 Å². The predicted octanol–water partition coefficient (Wildman–Crippen LogP) is 4.22. The van der Waals surface area contributed by atoms with E-state index in [4.69, 9.17) is 11.6 Å². The van der Waals surface area contributed by atoms with Crippen molar-refractivity contribution in [1.82, 2.24) is 4.57 Å². The summed E-state index contributed by atoms with van der Waals surface area (Å²) in [6.07, 6.45) is 1.93. The fourth-order valence-electron chi connectivity index (χ4n) is 3.34. The summed E-state index contributed by atoms with van der Waals surface area (Å²) < 4.78 is 2.11. The second-order valence-electron chi connectivity index (χ2n) is 6.46. The molecular formula is C21H16ClNO2. The van der Waals surface area contributed by atoms with Crippen molar-refractivity contribution in [2.75, 3.05) is 0 Å². The highest BCUT2D eigenvalue weighted by Crippen LogP contribution is 2.33. The Morgan fingerprint density at radius 2 is 1.76 bits per heavy atom. The molecule has 0 bridgehead atoms. The van der Waals surface area contributed by atoms with Crippen LogP contribution in [0.1, 0.15) is 16.7 Å². The maximum Gasteiger partial charge on any atom is 0.245 e. The molecule has 0 aliphatic carbocycles. The van der Waals surface area contributed by atoms with Crippen molar-refractivity contribution in [3.05, 3.63) is 90.8 Å². The lowest BCUT2D eigenvalue weighted by Gasteiger charge is -2.10. The van der Waals surface area contributed by atoms with Crippen molar-refractivity contribution in [3.8, 4) is 11.1 Å². The molecule has 0 radical (unpaired) electrons. The van der Waals surface area contributed by atoms with Gasteiger partial charge in [0, 0.05) is 29.2 Å². The Morgan fingerprint density at radius 1 is 1.00 bits per heavy atom. The van der Waals surface area contributed by atoms with E-state index in [1.165, 1.54) is 16.7 Å². The number of fused-ring (bicyclic) bond motifs is 1. The van der Waals surface area contributed by atoms with E-state index in [1.54, 1.807) is 0 Å². The highest BCUT2D eigenvalue weighted by atomic mass is 35.5. The van der Waals surface area contributed by atoms with Crippen molar-refractivity contribution in [3.63, 3.8) is 0 Å². The molecule has 0 saturated heterocycles. The van der Waals surface area contributed by atoms with Gasteiger partial charge in [-0.1, -0.05) is 53.6 Å². The maximum absolute atomic E-state index is 12.0. The molecule has 3 aromatic carbocycles. The molecule has 124 valence electrons. The Bertz CT molecular complexity index is 1190. The van der Waals surface area contributed by atoms with Crippen LogP contribution in [0.15, 0.2) is 58.3 Å². The van der Waals surface area contributed by atoms with Gasteiger partial charge in [-0.2, -0.15) is 0 Å². The molecule has 4 rings (SSSR count). The maximum atomic E-state index is 12.0. The van der Waals surface area contributed by atoms with E-state index in [0.717, 1.165) is 16.5 Å². The van der Waals surface area contributed by atoms with Crippen molar-refractivity contribution in [2.24, 2.45) is 0 Å². The molecule has 0 atom stereocenters. The van der Waals surface area contributed by atoms with E-state index in [-0.39, 0.29) is 5.02 Å². The minimum Gasteiger partial charge on any atom is -0.342 e. The van der Waals surface area contributed by atoms with E-state index in [0.29, 0.717) is 12.1 Å². The van der Waals surface area contributed by atoms with Crippen LogP contribution in [0, 0.1) is 13.8 Å². The first-order valence-electron chi connectivity index (χ1n) is 8.10. The second-order valence-corrected chi connectivity index (χ2v) is 6.84. The molecule has 1 aromatic heterocycles. The lowest BCUT2D eigenvalue weighted by Crippen LogP contribution is -2.33. The quantitative estimate of drug-likeness (QED) is 0.519. The lowest BCUT2D eigenvalue weighted by atomic mass is 10.0. The van der Waals surface area contributed by atoms with Gasteiger partial charge in [-0.05, 0) is 31.0 Å². The number of hydrogen-bond donors (Lipinski definition) is 0. The topological polar surface area (TPSA) is 39.1 Å². The molecule has 0 N–H and O–H groups in total. The minimum atomic E-state index is -0.594. The Hall–Kier alpha value is -2.65. The van der Waals surface area contributed by atoms with Crippen LogP contribution in [0.5, 0.6) is 0 Å². The Balaban J connectivity index is 1.90. The summed E-state index contributed by atoms with van der Waals surface area (Å²) in [5.74, 6) is 0. The van der Waals surface area contributed by atoms with E-state index in [9.17, 15) is 9.59 Å². The van der Waals surface area contributed by atoms with Crippen molar-refractivity contribution in [1.29, 1.82) is 0 Å². The van der Waals surface area contributed by atoms with Crippen molar-refractivity contribution in [2.45, 2.75) is 20.4 Å². The molecule has 0 aliphatic heterocycles. The third-order valence-corrected chi connectivity index (χ3v) is 5.12. The second kappa shape index (κ2) is 5.71. The summed E-state index contributed by atoms with van der Waals surface area (Å²) in [6, 6.07) is 14.3. The summed E-state index contributed by atoms with van der Waals surface area (Å²) in [7, 11) is 0. The first-order valence-corrected chi connectivity index (χ1v) is 8.48.